The first-order chi connectivity index (χ1) is 12.8. The second-order valence-electron chi connectivity index (χ2n) is 8.73. The lowest BCUT2D eigenvalue weighted by Crippen LogP contribution is -2.26. The maximum absolute atomic E-state index is 4.89. The van der Waals surface area contributed by atoms with Gasteiger partial charge in [0, 0.05) is 11.9 Å². The van der Waals surface area contributed by atoms with E-state index in [0.29, 0.717) is 11.2 Å². The molecule has 0 amide bonds. The summed E-state index contributed by atoms with van der Waals surface area (Å²) in [6, 6.07) is 2.02. The van der Waals surface area contributed by atoms with E-state index < -0.39 is 0 Å². The van der Waals surface area contributed by atoms with Crippen molar-refractivity contribution in [2.24, 2.45) is 18.4 Å². The fraction of sp³-hybridized carbons (Fsp3) is 0.500. The van der Waals surface area contributed by atoms with Crippen molar-refractivity contribution in [1.82, 2.24) is 29.4 Å². The van der Waals surface area contributed by atoms with Gasteiger partial charge in [-0.3, -0.25) is 4.68 Å². The largest absolute Gasteiger partial charge is 0.264 e. The highest BCUT2D eigenvalue weighted by Crippen LogP contribution is 2.43. The van der Waals surface area contributed by atoms with Crippen LogP contribution in [0.25, 0.3) is 27.4 Å². The molecule has 0 radical (unpaired) electrons. The third kappa shape index (κ3) is 2.59. The Morgan fingerprint density at radius 2 is 2.04 bits per heavy atom. The number of thiophene rings is 1. The first-order valence-corrected chi connectivity index (χ1v) is 10.3. The summed E-state index contributed by atoms with van der Waals surface area (Å²) in [5.41, 5.74) is 4.60. The molecular weight excluding hydrogens is 356 g/mol. The number of aryl methyl sites for hydroxylation is 3. The summed E-state index contributed by atoms with van der Waals surface area (Å²) in [5, 5.41) is 10.3. The zero-order valence-corrected chi connectivity index (χ0v) is 17.3. The summed E-state index contributed by atoms with van der Waals surface area (Å²) in [6.07, 6.45) is 5.27. The summed E-state index contributed by atoms with van der Waals surface area (Å²) < 4.78 is 3.66. The lowest BCUT2D eigenvalue weighted by atomic mass is 9.72. The van der Waals surface area contributed by atoms with Gasteiger partial charge in [0.1, 0.15) is 16.9 Å². The van der Waals surface area contributed by atoms with E-state index in [1.165, 1.54) is 22.2 Å². The summed E-state index contributed by atoms with van der Waals surface area (Å²) in [7, 11) is 1.93. The zero-order valence-electron chi connectivity index (χ0n) is 16.4. The molecule has 1 aliphatic rings. The molecule has 27 heavy (non-hydrogen) atoms. The first kappa shape index (κ1) is 16.9. The molecule has 0 bridgehead atoms. The third-order valence-corrected chi connectivity index (χ3v) is 7.00. The van der Waals surface area contributed by atoms with Crippen molar-refractivity contribution in [1.29, 1.82) is 0 Å². The number of hydrogen-bond donors (Lipinski definition) is 0. The van der Waals surface area contributed by atoms with Crippen LogP contribution in [0.3, 0.4) is 0 Å². The lowest BCUT2D eigenvalue weighted by Gasteiger charge is -2.33. The van der Waals surface area contributed by atoms with Gasteiger partial charge in [-0.15, -0.1) is 16.4 Å². The van der Waals surface area contributed by atoms with Crippen molar-refractivity contribution in [3.05, 3.63) is 28.5 Å². The Bertz CT molecular complexity index is 1170. The number of hydrogen-bond acceptors (Lipinski definition) is 5. The quantitative estimate of drug-likeness (QED) is 0.496. The molecule has 0 fully saturated rings. The Kier molecular flexibility index (Phi) is 3.50. The van der Waals surface area contributed by atoms with Gasteiger partial charge in [0.15, 0.2) is 11.5 Å². The van der Waals surface area contributed by atoms with Crippen LogP contribution in [-0.4, -0.2) is 29.4 Å². The molecule has 6 nitrogen and oxygen atoms in total. The van der Waals surface area contributed by atoms with Crippen LogP contribution in [0.2, 0.25) is 0 Å². The molecule has 4 aromatic rings. The second-order valence-corrected chi connectivity index (χ2v) is 9.82. The average Bonchev–Trinajstić information content (AvgIpc) is 3.26. The van der Waals surface area contributed by atoms with E-state index in [1.807, 2.05) is 40.6 Å². The van der Waals surface area contributed by atoms with Gasteiger partial charge in [0.2, 0.25) is 0 Å². The minimum atomic E-state index is 0.343. The van der Waals surface area contributed by atoms with Crippen molar-refractivity contribution >= 4 is 27.2 Å². The van der Waals surface area contributed by atoms with E-state index in [-0.39, 0.29) is 0 Å². The molecule has 4 aromatic heterocycles. The fourth-order valence-electron chi connectivity index (χ4n) is 4.24. The van der Waals surface area contributed by atoms with Crippen LogP contribution in [0.4, 0.5) is 0 Å². The van der Waals surface area contributed by atoms with Gasteiger partial charge in [-0.05, 0) is 49.1 Å². The van der Waals surface area contributed by atoms with E-state index in [0.717, 1.165) is 40.6 Å². The van der Waals surface area contributed by atoms with Gasteiger partial charge in [-0.25, -0.2) is 14.5 Å². The van der Waals surface area contributed by atoms with Crippen LogP contribution in [0, 0.1) is 18.3 Å². The Labute approximate surface area is 162 Å². The number of aromatic nitrogens is 6. The second kappa shape index (κ2) is 5.61. The topological polar surface area (TPSA) is 60.9 Å². The summed E-state index contributed by atoms with van der Waals surface area (Å²) in [5.74, 6) is 1.43. The van der Waals surface area contributed by atoms with Crippen molar-refractivity contribution in [2.75, 3.05) is 0 Å². The van der Waals surface area contributed by atoms with E-state index in [9.17, 15) is 0 Å². The molecule has 0 saturated heterocycles. The zero-order chi connectivity index (χ0) is 18.9. The standard InChI is InChI=1S/C20H24N6S/c1-11-8-14(25(5)23-11)17-22-18-16-13-7-6-12(20(2,3)4)9-15(13)27-19(16)21-10-26(18)24-17/h8,10,12H,6-7,9H2,1-5H3. The molecule has 1 aliphatic carbocycles. The molecule has 0 N–H and O–H groups in total. The number of rotatable bonds is 1. The Morgan fingerprint density at radius 1 is 1.22 bits per heavy atom. The molecule has 1 atom stereocenters. The van der Waals surface area contributed by atoms with E-state index in [1.54, 1.807) is 6.33 Å². The van der Waals surface area contributed by atoms with Crippen molar-refractivity contribution in [3.8, 4) is 11.5 Å². The van der Waals surface area contributed by atoms with Crippen LogP contribution in [-0.2, 0) is 19.9 Å². The van der Waals surface area contributed by atoms with Crippen molar-refractivity contribution in [3.63, 3.8) is 0 Å². The van der Waals surface area contributed by atoms with E-state index in [2.05, 4.69) is 31.0 Å². The summed E-state index contributed by atoms with van der Waals surface area (Å²) in [6.45, 7) is 9.05. The van der Waals surface area contributed by atoms with Gasteiger partial charge in [-0.2, -0.15) is 5.10 Å². The van der Waals surface area contributed by atoms with Crippen molar-refractivity contribution < 1.29 is 0 Å². The van der Waals surface area contributed by atoms with Gasteiger partial charge in [-0.1, -0.05) is 20.8 Å². The summed E-state index contributed by atoms with van der Waals surface area (Å²) >= 11 is 1.84. The molecule has 0 aliphatic heterocycles. The van der Waals surface area contributed by atoms with Gasteiger partial charge >= 0.3 is 0 Å². The van der Waals surface area contributed by atoms with Crippen LogP contribution >= 0.6 is 11.3 Å². The number of nitrogens with zero attached hydrogens (tertiary/aromatic N) is 6. The van der Waals surface area contributed by atoms with Crippen LogP contribution in [0.5, 0.6) is 0 Å². The lowest BCUT2D eigenvalue weighted by molar-refractivity contribution is 0.218. The minimum Gasteiger partial charge on any atom is -0.264 e. The van der Waals surface area contributed by atoms with Gasteiger partial charge in [0.05, 0.1) is 11.1 Å². The summed E-state index contributed by atoms with van der Waals surface area (Å²) in [4.78, 5) is 12.2. The number of fused-ring (bicyclic) bond motifs is 5. The highest BCUT2D eigenvalue weighted by atomic mass is 32.1. The van der Waals surface area contributed by atoms with E-state index in [4.69, 9.17) is 9.97 Å². The predicted molar refractivity (Wildman–Crippen MR) is 108 cm³/mol. The first-order valence-electron chi connectivity index (χ1n) is 9.48. The smallest absolute Gasteiger partial charge is 0.200 e. The Hall–Kier alpha value is -2.28. The fourth-order valence-corrected chi connectivity index (χ4v) is 5.50. The Morgan fingerprint density at radius 3 is 2.74 bits per heavy atom. The van der Waals surface area contributed by atoms with Gasteiger partial charge < -0.3 is 0 Å². The highest BCUT2D eigenvalue weighted by Gasteiger charge is 2.31. The van der Waals surface area contributed by atoms with Gasteiger partial charge in [0.25, 0.3) is 0 Å². The van der Waals surface area contributed by atoms with Crippen molar-refractivity contribution in [2.45, 2.75) is 47.0 Å². The third-order valence-electron chi connectivity index (χ3n) is 5.84. The molecule has 0 saturated carbocycles. The SMILES string of the molecule is Cc1cc(-c2nc3c4c5c(sc4ncn3n2)CC(C(C)(C)C)CC5)n(C)n1. The highest BCUT2D eigenvalue weighted by molar-refractivity contribution is 7.19. The molecule has 4 heterocycles. The monoisotopic (exact) mass is 380 g/mol. The predicted octanol–water partition coefficient (Wildman–Crippen LogP) is 4.20. The molecule has 0 aromatic carbocycles. The normalized spacial score (nSPS) is 17.7. The molecule has 140 valence electrons. The van der Waals surface area contributed by atoms with Crippen LogP contribution in [0.1, 0.15) is 43.3 Å². The molecular formula is C20H24N6S. The van der Waals surface area contributed by atoms with E-state index >= 15 is 0 Å². The maximum Gasteiger partial charge on any atom is 0.200 e. The van der Waals surface area contributed by atoms with Crippen LogP contribution < -0.4 is 0 Å². The molecule has 1 unspecified atom stereocenters. The molecule has 0 spiro atoms. The minimum absolute atomic E-state index is 0.343. The molecule has 5 rings (SSSR count). The van der Waals surface area contributed by atoms with Crippen LogP contribution in [0.15, 0.2) is 12.4 Å². The molecule has 7 heteroatoms. The average molecular weight is 381 g/mol. The Balaban J connectivity index is 1.68. The maximum atomic E-state index is 4.89.